The van der Waals surface area contributed by atoms with E-state index in [4.69, 9.17) is 16.8 Å². The fourth-order valence-corrected chi connectivity index (χ4v) is 6.96. The zero-order valence-corrected chi connectivity index (χ0v) is 23.0. The van der Waals surface area contributed by atoms with Gasteiger partial charge in [-0.05, 0) is 53.2 Å². The van der Waals surface area contributed by atoms with Gasteiger partial charge in [-0.2, -0.15) is 0 Å². The SMILES string of the molecule is CCN(CC)p1oc2ccc3cccc(op(N(CC)CC)oc4ccc5c(cccc5o1)c4)c3c2. The molecule has 0 aliphatic heterocycles. The number of rotatable bonds is 6. The van der Waals surface area contributed by atoms with Crippen LogP contribution in [-0.2, 0) is 0 Å². The molecule has 2 atom stereocenters. The van der Waals surface area contributed by atoms with Crippen LogP contribution in [0.3, 0.4) is 0 Å². The standard InChI is InChI=1S/C28H32N2O4P2/c1-5-29(6-2)35-31-23-17-18-25-22(19-23)12-10-13-27(25)33-36(30(7-3)8-4)32-24-16-15-21-11-9-14-28(34-35)26(21)20-24/h9-20H,5-8H2,1-4H3. The summed E-state index contributed by atoms with van der Waals surface area (Å²) < 4.78 is 30.7. The molecule has 6 bridgehead atoms. The van der Waals surface area contributed by atoms with Crippen LogP contribution in [0, 0.1) is 0 Å². The summed E-state index contributed by atoms with van der Waals surface area (Å²) in [6.45, 7) is 11.8. The Bertz CT molecular complexity index is 1610. The summed E-state index contributed by atoms with van der Waals surface area (Å²) in [4.78, 5) is 0. The molecule has 2 heterocycles. The summed E-state index contributed by atoms with van der Waals surface area (Å²) in [7, 11) is -2.76. The average molecular weight is 523 g/mol. The molecule has 4 aromatic carbocycles. The van der Waals surface area contributed by atoms with E-state index in [-0.39, 0.29) is 0 Å². The van der Waals surface area contributed by atoms with Crippen molar-refractivity contribution in [1.29, 1.82) is 0 Å². The Morgan fingerprint density at radius 1 is 0.528 bits per heavy atom. The van der Waals surface area contributed by atoms with Crippen LogP contribution < -0.4 is 9.34 Å². The van der Waals surface area contributed by atoms with E-state index in [1.165, 1.54) is 0 Å². The van der Waals surface area contributed by atoms with Crippen LogP contribution in [-0.4, -0.2) is 26.2 Å². The minimum absolute atomic E-state index is 0.751. The first-order valence-electron chi connectivity index (χ1n) is 12.5. The molecule has 188 valence electrons. The summed E-state index contributed by atoms with van der Waals surface area (Å²) in [5.74, 6) is 0. The molecule has 0 aliphatic rings. The summed E-state index contributed by atoms with van der Waals surface area (Å²) in [5.41, 5.74) is 3.10. The Labute approximate surface area is 212 Å². The quantitative estimate of drug-likeness (QED) is 0.221. The largest absolute Gasteiger partial charge is 0.408 e. The highest BCUT2D eigenvalue weighted by Gasteiger charge is 2.11. The van der Waals surface area contributed by atoms with Gasteiger partial charge in [0.2, 0.25) is 0 Å². The Kier molecular flexibility index (Phi) is 7.59. The molecule has 6 nitrogen and oxygen atoms in total. The van der Waals surface area contributed by atoms with E-state index in [2.05, 4.69) is 67.4 Å². The van der Waals surface area contributed by atoms with E-state index in [0.717, 1.165) is 70.1 Å². The minimum atomic E-state index is -1.38. The van der Waals surface area contributed by atoms with E-state index in [1.54, 1.807) is 0 Å². The maximum Gasteiger partial charge on any atom is 0.309 e. The molecule has 0 amide bonds. The van der Waals surface area contributed by atoms with Crippen LogP contribution in [0.25, 0.3) is 43.9 Å². The topological polar surface area (TPSA) is 59.0 Å². The number of hydrogen-bond donors (Lipinski definition) is 0. The molecule has 6 aromatic rings. The Balaban J connectivity index is 2.00. The van der Waals surface area contributed by atoms with Crippen molar-refractivity contribution in [1.82, 2.24) is 0 Å². The molecule has 2 aromatic heterocycles. The van der Waals surface area contributed by atoms with Gasteiger partial charge in [0.05, 0.1) is 0 Å². The van der Waals surface area contributed by atoms with E-state index >= 15 is 0 Å². The molecule has 0 N–H and O–H groups in total. The highest BCUT2D eigenvalue weighted by atomic mass is 31.1. The van der Waals surface area contributed by atoms with Crippen molar-refractivity contribution in [3.8, 4) is 0 Å². The monoisotopic (exact) mass is 522 g/mol. The van der Waals surface area contributed by atoms with Gasteiger partial charge in [0, 0.05) is 37.0 Å². The van der Waals surface area contributed by atoms with Crippen molar-refractivity contribution in [3.05, 3.63) is 72.8 Å². The van der Waals surface area contributed by atoms with Crippen molar-refractivity contribution in [3.63, 3.8) is 0 Å². The van der Waals surface area contributed by atoms with E-state index < -0.39 is 16.3 Å². The predicted molar refractivity (Wildman–Crippen MR) is 154 cm³/mol. The van der Waals surface area contributed by atoms with Gasteiger partial charge >= 0.3 is 16.3 Å². The Morgan fingerprint density at radius 3 is 1.67 bits per heavy atom. The van der Waals surface area contributed by atoms with Crippen LogP contribution in [0.2, 0.25) is 0 Å². The van der Waals surface area contributed by atoms with Crippen LogP contribution in [0.15, 0.2) is 89.6 Å². The molecule has 0 saturated carbocycles. The third-order valence-electron chi connectivity index (χ3n) is 6.27. The molecular formula is C28H32N2O4P2. The third-order valence-corrected chi connectivity index (χ3v) is 9.76. The molecule has 0 saturated heterocycles. The first-order chi connectivity index (χ1) is 17.6. The van der Waals surface area contributed by atoms with Crippen molar-refractivity contribution in [2.24, 2.45) is 0 Å². The zero-order chi connectivity index (χ0) is 25.1. The van der Waals surface area contributed by atoms with E-state index in [9.17, 15) is 0 Å². The third kappa shape index (κ3) is 5.00. The second-order valence-corrected chi connectivity index (χ2v) is 11.2. The van der Waals surface area contributed by atoms with Crippen molar-refractivity contribution in [2.75, 3.05) is 35.5 Å². The average Bonchev–Trinajstić information content (AvgIpc) is 2.90. The molecular weight excluding hydrogens is 490 g/mol. The van der Waals surface area contributed by atoms with Gasteiger partial charge in [0.25, 0.3) is 0 Å². The fraction of sp³-hybridized carbons (Fsp3) is 0.286. The number of nitrogens with zero attached hydrogens (tertiary/aromatic N) is 2. The molecule has 0 spiro atoms. The first kappa shape index (κ1) is 24.8. The van der Waals surface area contributed by atoms with E-state index in [1.807, 2.05) is 42.5 Å². The second-order valence-electron chi connectivity index (χ2n) is 8.40. The van der Waals surface area contributed by atoms with Crippen molar-refractivity contribution >= 4 is 60.2 Å². The molecule has 8 heteroatoms. The van der Waals surface area contributed by atoms with Gasteiger partial charge in [-0.1, -0.05) is 58.0 Å². The van der Waals surface area contributed by atoms with Crippen LogP contribution in [0.1, 0.15) is 27.7 Å². The fourth-order valence-electron chi connectivity index (χ4n) is 4.25. The first-order valence-corrected chi connectivity index (χ1v) is 14.8. The minimum Gasteiger partial charge on any atom is -0.408 e. The number of fused-ring (bicyclic) bond motifs is 5. The van der Waals surface area contributed by atoms with Crippen LogP contribution in [0.4, 0.5) is 0 Å². The zero-order valence-electron chi connectivity index (χ0n) is 21.2. The lowest BCUT2D eigenvalue weighted by Crippen LogP contribution is -2.17. The van der Waals surface area contributed by atoms with Gasteiger partial charge in [-0.3, -0.25) is 0 Å². The molecule has 0 radical (unpaired) electrons. The van der Waals surface area contributed by atoms with Gasteiger partial charge in [0.15, 0.2) is 0 Å². The Hall–Kier alpha value is -2.88. The normalized spacial score (nSPS) is 12.7. The van der Waals surface area contributed by atoms with Gasteiger partial charge in [0.1, 0.15) is 22.3 Å². The lowest BCUT2D eigenvalue weighted by molar-refractivity contribution is 0.618. The lowest BCUT2D eigenvalue weighted by atomic mass is 10.1. The van der Waals surface area contributed by atoms with Gasteiger partial charge in [-0.25, -0.2) is 9.34 Å². The molecule has 36 heavy (non-hydrogen) atoms. The predicted octanol–water partition coefficient (Wildman–Crippen LogP) is 9.41. The Morgan fingerprint density at radius 2 is 1.06 bits per heavy atom. The molecule has 2 unspecified atom stereocenters. The van der Waals surface area contributed by atoms with Crippen LogP contribution in [0.5, 0.6) is 0 Å². The summed E-state index contributed by atoms with van der Waals surface area (Å²) in [6, 6.07) is 24.5. The number of hydrogen-bond acceptors (Lipinski definition) is 6. The summed E-state index contributed by atoms with van der Waals surface area (Å²) >= 11 is 0. The smallest absolute Gasteiger partial charge is 0.309 e. The molecule has 6 rings (SSSR count). The van der Waals surface area contributed by atoms with Gasteiger partial charge < -0.3 is 16.8 Å². The molecule has 0 aliphatic carbocycles. The van der Waals surface area contributed by atoms with Crippen molar-refractivity contribution < 1.29 is 16.8 Å². The van der Waals surface area contributed by atoms with E-state index in [0.29, 0.717) is 0 Å². The lowest BCUT2D eigenvalue weighted by Gasteiger charge is -2.14. The highest BCUT2D eigenvalue weighted by Crippen LogP contribution is 2.36. The van der Waals surface area contributed by atoms with Gasteiger partial charge in [-0.15, -0.1) is 0 Å². The highest BCUT2D eigenvalue weighted by molar-refractivity contribution is 7.39. The second kappa shape index (κ2) is 11.0. The van der Waals surface area contributed by atoms with Crippen molar-refractivity contribution in [2.45, 2.75) is 27.7 Å². The summed E-state index contributed by atoms with van der Waals surface area (Å²) in [6.07, 6.45) is 0. The number of benzene rings is 4. The maximum absolute atomic E-state index is 6.63. The van der Waals surface area contributed by atoms with Crippen LogP contribution >= 0.6 is 16.3 Å². The summed E-state index contributed by atoms with van der Waals surface area (Å²) in [5, 5.41) is 4.14. The maximum atomic E-state index is 6.63. The molecule has 0 fully saturated rings.